The van der Waals surface area contributed by atoms with Crippen molar-refractivity contribution in [2.24, 2.45) is 0 Å². The van der Waals surface area contributed by atoms with E-state index in [2.05, 4.69) is 12.2 Å². The van der Waals surface area contributed by atoms with Gasteiger partial charge in [0.1, 0.15) is 0 Å². The summed E-state index contributed by atoms with van der Waals surface area (Å²) in [7, 11) is 0. The van der Waals surface area contributed by atoms with Gasteiger partial charge < -0.3 is 10.4 Å². The highest BCUT2D eigenvalue weighted by Crippen LogP contribution is 2.13. The van der Waals surface area contributed by atoms with E-state index in [0.717, 1.165) is 24.3 Å². The van der Waals surface area contributed by atoms with Crippen LogP contribution in [0.2, 0.25) is 0 Å². The number of hydrogen-bond acceptors (Lipinski definition) is 3. The van der Waals surface area contributed by atoms with Crippen LogP contribution in [0.5, 0.6) is 0 Å². The monoisotopic (exact) mass is 295 g/mol. The third-order valence-electron chi connectivity index (χ3n) is 2.80. The van der Waals surface area contributed by atoms with Gasteiger partial charge in [-0.15, -0.1) is 0 Å². The lowest BCUT2D eigenvalue weighted by molar-refractivity contribution is -0.142. The SMILES string of the molecule is CCCCSCCC(=O)N[C@H](C(=O)O)c1ccccc1. The largest absolute Gasteiger partial charge is 0.479 e. The minimum atomic E-state index is -1.04. The molecule has 1 atom stereocenters. The molecule has 0 saturated carbocycles. The minimum Gasteiger partial charge on any atom is -0.479 e. The minimum absolute atomic E-state index is 0.217. The summed E-state index contributed by atoms with van der Waals surface area (Å²) in [5.74, 6) is 0.520. The maximum atomic E-state index is 11.8. The van der Waals surface area contributed by atoms with Crippen LogP contribution in [-0.4, -0.2) is 28.5 Å². The average molecular weight is 295 g/mol. The van der Waals surface area contributed by atoms with E-state index in [1.54, 1.807) is 36.0 Å². The first kappa shape index (κ1) is 16.6. The van der Waals surface area contributed by atoms with Crippen LogP contribution >= 0.6 is 11.8 Å². The van der Waals surface area contributed by atoms with Crippen LogP contribution in [0.15, 0.2) is 30.3 Å². The Hall–Kier alpha value is -1.49. The highest BCUT2D eigenvalue weighted by atomic mass is 32.2. The number of carboxylic acid groups (broad SMARTS) is 1. The molecule has 5 heteroatoms. The second kappa shape index (κ2) is 9.42. The molecule has 1 aromatic rings. The second-order valence-electron chi connectivity index (χ2n) is 4.47. The zero-order valence-electron chi connectivity index (χ0n) is 11.7. The fourth-order valence-electron chi connectivity index (χ4n) is 1.68. The summed E-state index contributed by atoms with van der Waals surface area (Å²) < 4.78 is 0. The lowest BCUT2D eigenvalue weighted by Crippen LogP contribution is -2.33. The Kier molecular flexibility index (Phi) is 7.80. The fourth-order valence-corrected chi connectivity index (χ4v) is 2.71. The molecule has 4 nitrogen and oxygen atoms in total. The molecule has 0 unspecified atom stereocenters. The Morgan fingerprint density at radius 3 is 2.55 bits per heavy atom. The molecule has 0 aromatic heterocycles. The first-order chi connectivity index (χ1) is 9.65. The molecule has 1 amide bonds. The van der Waals surface area contributed by atoms with Crippen molar-refractivity contribution >= 4 is 23.6 Å². The summed E-state index contributed by atoms with van der Waals surface area (Å²) in [6.45, 7) is 2.13. The summed E-state index contributed by atoms with van der Waals surface area (Å²) in [4.78, 5) is 23.0. The number of carbonyl (C=O) groups excluding carboxylic acids is 1. The molecule has 0 heterocycles. The summed E-state index contributed by atoms with van der Waals surface area (Å²) in [6, 6.07) is 7.78. The van der Waals surface area contributed by atoms with Crippen molar-refractivity contribution in [1.29, 1.82) is 0 Å². The van der Waals surface area contributed by atoms with Crippen molar-refractivity contribution in [1.82, 2.24) is 5.32 Å². The lowest BCUT2D eigenvalue weighted by Gasteiger charge is -2.14. The highest BCUT2D eigenvalue weighted by Gasteiger charge is 2.21. The Bertz CT molecular complexity index is 422. The zero-order valence-corrected chi connectivity index (χ0v) is 12.5. The van der Waals surface area contributed by atoms with Gasteiger partial charge in [0.25, 0.3) is 0 Å². The molecule has 2 N–H and O–H groups in total. The molecular weight excluding hydrogens is 274 g/mol. The summed E-state index contributed by atoms with van der Waals surface area (Å²) >= 11 is 1.73. The highest BCUT2D eigenvalue weighted by molar-refractivity contribution is 7.99. The third kappa shape index (κ3) is 6.10. The van der Waals surface area contributed by atoms with Crippen molar-refractivity contribution in [2.75, 3.05) is 11.5 Å². The van der Waals surface area contributed by atoms with Crippen molar-refractivity contribution in [3.63, 3.8) is 0 Å². The Labute approximate surface area is 124 Å². The molecule has 20 heavy (non-hydrogen) atoms. The molecule has 0 radical (unpaired) electrons. The Balaban J connectivity index is 2.43. The van der Waals surface area contributed by atoms with Crippen LogP contribution in [0.3, 0.4) is 0 Å². The van der Waals surface area contributed by atoms with Crippen LogP contribution in [0.1, 0.15) is 37.8 Å². The molecule has 1 rings (SSSR count). The van der Waals surface area contributed by atoms with Gasteiger partial charge in [0.2, 0.25) is 5.91 Å². The maximum absolute atomic E-state index is 11.8. The molecule has 0 aliphatic heterocycles. The molecule has 0 aliphatic rings. The van der Waals surface area contributed by atoms with Crippen molar-refractivity contribution < 1.29 is 14.7 Å². The van der Waals surface area contributed by atoms with E-state index in [0.29, 0.717) is 12.0 Å². The van der Waals surface area contributed by atoms with E-state index in [-0.39, 0.29) is 5.91 Å². The van der Waals surface area contributed by atoms with Gasteiger partial charge in [-0.05, 0) is 17.7 Å². The first-order valence-electron chi connectivity index (χ1n) is 6.80. The van der Waals surface area contributed by atoms with Gasteiger partial charge in [0, 0.05) is 12.2 Å². The maximum Gasteiger partial charge on any atom is 0.330 e. The number of thioether (sulfide) groups is 1. The molecule has 0 spiro atoms. The van der Waals surface area contributed by atoms with Gasteiger partial charge >= 0.3 is 5.97 Å². The van der Waals surface area contributed by atoms with Crippen molar-refractivity contribution in [2.45, 2.75) is 32.2 Å². The predicted octanol–water partition coefficient (Wildman–Crippen LogP) is 2.85. The molecule has 0 saturated heterocycles. The van der Waals surface area contributed by atoms with Gasteiger partial charge in [-0.3, -0.25) is 4.79 Å². The number of benzene rings is 1. The number of hydrogen-bond donors (Lipinski definition) is 2. The summed E-state index contributed by atoms with van der Waals surface area (Å²) in [5, 5.41) is 11.8. The van der Waals surface area contributed by atoms with E-state index < -0.39 is 12.0 Å². The van der Waals surface area contributed by atoms with E-state index in [9.17, 15) is 14.7 Å². The molecule has 110 valence electrons. The number of unbranched alkanes of at least 4 members (excludes halogenated alkanes) is 1. The number of nitrogens with one attached hydrogen (secondary N) is 1. The van der Waals surface area contributed by atoms with E-state index in [1.807, 2.05) is 6.07 Å². The van der Waals surface area contributed by atoms with Gasteiger partial charge in [-0.25, -0.2) is 4.79 Å². The zero-order chi connectivity index (χ0) is 14.8. The lowest BCUT2D eigenvalue weighted by atomic mass is 10.1. The van der Waals surface area contributed by atoms with Gasteiger partial charge in [0.15, 0.2) is 6.04 Å². The Morgan fingerprint density at radius 1 is 1.25 bits per heavy atom. The van der Waals surface area contributed by atoms with Crippen molar-refractivity contribution in [3.8, 4) is 0 Å². The smallest absolute Gasteiger partial charge is 0.330 e. The number of aliphatic carboxylic acids is 1. The molecule has 0 bridgehead atoms. The predicted molar refractivity (Wildman–Crippen MR) is 81.8 cm³/mol. The normalized spacial score (nSPS) is 11.8. The van der Waals surface area contributed by atoms with Gasteiger partial charge in [-0.2, -0.15) is 11.8 Å². The topological polar surface area (TPSA) is 66.4 Å². The number of rotatable bonds is 9. The van der Waals surface area contributed by atoms with Crippen LogP contribution < -0.4 is 5.32 Å². The number of carbonyl (C=O) groups is 2. The molecule has 0 fully saturated rings. The standard InChI is InChI=1S/C15H21NO3S/c1-2-3-10-20-11-9-13(17)16-14(15(18)19)12-7-5-4-6-8-12/h4-8,14H,2-3,9-11H2,1H3,(H,16,17)(H,18,19)/t14-/m0/s1. The summed E-state index contributed by atoms with van der Waals surface area (Å²) in [5.41, 5.74) is 0.590. The third-order valence-corrected chi connectivity index (χ3v) is 3.87. The first-order valence-corrected chi connectivity index (χ1v) is 7.95. The Morgan fingerprint density at radius 2 is 1.95 bits per heavy atom. The molecule has 0 aliphatic carbocycles. The average Bonchev–Trinajstić information content (AvgIpc) is 2.45. The molecule has 1 aromatic carbocycles. The van der Waals surface area contributed by atoms with Crippen LogP contribution in [-0.2, 0) is 9.59 Å². The fraction of sp³-hybridized carbons (Fsp3) is 0.467. The molecular formula is C15H21NO3S. The van der Waals surface area contributed by atoms with Crippen LogP contribution in [0.25, 0.3) is 0 Å². The van der Waals surface area contributed by atoms with E-state index in [4.69, 9.17) is 0 Å². The van der Waals surface area contributed by atoms with Crippen LogP contribution in [0, 0.1) is 0 Å². The quantitative estimate of drug-likeness (QED) is 0.687. The second-order valence-corrected chi connectivity index (χ2v) is 5.69. The number of amides is 1. The van der Waals surface area contributed by atoms with E-state index in [1.165, 1.54) is 0 Å². The summed E-state index contributed by atoms with van der Waals surface area (Å²) in [6.07, 6.45) is 2.65. The number of carboxylic acids is 1. The van der Waals surface area contributed by atoms with Gasteiger partial charge in [0.05, 0.1) is 0 Å². The van der Waals surface area contributed by atoms with Gasteiger partial charge in [-0.1, -0.05) is 43.7 Å². The van der Waals surface area contributed by atoms with E-state index >= 15 is 0 Å². The van der Waals surface area contributed by atoms with Crippen molar-refractivity contribution in [3.05, 3.63) is 35.9 Å². The van der Waals surface area contributed by atoms with Crippen LogP contribution in [0.4, 0.5) is 0 Å².